The molecule has 1 aliphatic rings. The number of ether oxygens (including phenoxy) is 1. The number of halogens is 1. The van der Waals surface area contributed by atoms with Crippen molar-refractivity contribution in [2.24, 2.45) is 5.10 Å². The molecule has 1 aromatic carbocycles. The number of thiophene rings is 1. The van der Waals surface area contributed by atoms with Crippen molar-refractivity contribution < 1.29 is 13.2 Å². The van der Waals surface area contributed by atoms with Gasteiger partial charge in [-0.25, -0.2) is 13.4 Å². The van der Waals surface area contributed by atoms with Gasteiger partial charge in [0.05, 0.1) is 35.5 Å². The van der Waals surface area contributed by atoms with E-state index in [1.807, 2.05) is 41.8 Å². The van der Waals surface area contributed by atoms with Crippen LogP contribution in [0.3, 0.4) is 0 Å². The summed E-state index contributed by atoms with van der Waals surface area (Å²) >= 11 is 7.96. The maximum atomic E-state index is 12.3. The van der Waals surface area contributed by atoms with E-state index < -0.39 is 16.1 Å². The van der Waals surface area contributed by atoms with Gasteiger partial charge in [0.25, 0.3) is 0 Å². The fourth-order valence-corrected chi connectivity index (χ4v) is 5.02. The van der Waals surface area contributed by atoms with Crippen molar-refractivity contribution in [2.75, 3.05) is 13.4 Å². The molecule has 0 unspecified atom stereocenters. The molecule has 6 nitrogen and oxygen atoms in total. The Bertz CT molecular complexity index is 1140. The van der Waals surface area contributed by atoms with Crippen molar-refractivity contribution in [2.45, 2.75) is 12.5 Å². The molecule has 3 aromatic rings. The van der Waals surface area contributed by atoms with E-state index in [9.17, 15) is 8.42 Å². The van der Waals surface area contributed by atoms with Crippen LogP contribution in [0.5, 0.6) is 5.75 Å². The molecule has 2 aromatic heterocycles. The molecule has 1 aliphatic heterocycles. The third kappa shape index (κ3) is 3.40. The molecular formula is C18H16ClN3O3S2. The molecule has 140 valence electrons. The second kappa shape index (κ2) is 6.78. The Kier molecular flexibility index (Phi) is 4.57. The van der Waals surface area contributed by atoms with Crippen molar-refractivity contribution in [3.63, 3.8) is 0 Å². The van der Waals surface area contributed by atoms with Crippen molar-refractivity contribution in [3.05, 3.63) is 57.4 Å². The van der Waals surface area contributed by atoms with E-state index in [1.165, 1.54) is 11.3 Å². The number of nitrogens with zero attached hydrogens (tertiary/aromatic N) is 3. The van der Waals surface area contributed by atoms with E-state index in [4.69, 9.17) is 16.3 Å². The summed E-state index contributed by atoms with van der Waals surface area (Å²) in [7, 11) is -1.98. The molecule has 3 heterocycles. The summed E-state index contributed by atoms with van der Waals surface area (Å²) in [5, 5.41) is 7.41. The number of hydrogen-bond acceptors (Lipinski definition) is 6. The highest BCUT2D eigenvalue weighted by Crippen LogP contribution is 2.39. The van der Waals surface area contributed by atoms with Gasteiger partial charge >= 0.3 is 0 Å². The summed E-state index contributed by atoms with van der Waals surface area (Å²) < 4.78 is 31.1. The summed E-state index contributed by atoms with van der Waals surface area (Å²) in [5.74, 6) is 0.694. The lowest BCUT2D eigenvalue weighted by Crippen LogP contribution is -2.26. The molecule has 0 saturated carbocycles. The van der Waals surface area contributed by atoms with Gasteiger partial charge in [-0.05, 0) is 35.7 Å². The number of benzene rings is 1. The molecule has 0 radical (unpaired) electrons. The third-order valence-electron chi connectivity index (χ3n) is 4.38. The van der Waals surface area contributed by atoms with Crippen LogP contribution in [0.1, 0.15) is 22.9 Å². The van der Waals surface area contributed by atoms with Crippen LogP contribution < -0.4 is 4.74 Å². The van der Waals surface area contributed by atoms with Crippen molar-refractivity contribution in [3.8, 4) is 5.75 Å². The van der Waals surface area contributed by atoms with E-state index in [0.29, 0.717) is 23.3 Å². The normalized spacial score (nSPS) is 17.4. The van der Waals surface area contributed by atoms with Crippen LogP contribution in [0.25, 0.3) is 10.9 Å². The molecule has 0 aliphatic carbocycles. The van der Waals surface area contributed by atoms with Gasteiger partial charge in [-0.3, -0.25) is 0 Å². The van der Waals surface area contributed by atoms with Gasteiger partial charge < -0.3 is 4.74 Å². The Morgan fingerprint density at radius 3 is 2.78 bits per heavy atom. The number of methoxy groups -OCH3 is 1. The Labute approximate surface area is 166 Å². The zero-order chi connectivity index (χ0) is 19.2. The summed E-state index contributed by atoms with van der Waals surface area (Å²) in [6.45, 7) is 0. The number of fused-ring (bicyclic) bond motifs is 1. The van der Waals surface area contributed by atoms with Crippen LogP contribution in [0.2, 0.25) is 5.15 Å². The highest BCUT2D eigenvalue weighted by atomic mass is 35.5. The lowest BCUT2D eigenvalue weighted by molar-refractivity contribution is 0.374. The quantitative estimate of drug-likeness (QED) is 0.595. The number of hydrazone groups is 1. The van der Waals surface area contributed by atoms with Crippen LogP contribution >= 0.6 is 22.9 Å². The largest absolute Gasteiger partial charge is 0.497 e. The average Bonchev–Trinajstić information content (AvgIpc) is 3.29. The molecule has 0 amide bonds. The lowest BCUT2D eigenvalue weighted by Gasteiger charge is -2.22. The fraction of sp³-hybridized carbons (Fsp3) is 0.222. The Morgan fingerprint density at radius 2 is 2.11 bits per heavy atom. The molecular weight excluding hydrogens is 406 g/mol. The molecule has 0 bridgehead atoms. The maximum Gasteiger partial charge on any atom is 0.247 e. The van der Waals surface area contributed by atoms with Gasteiger partial charge in [-0.1, -0.05) is 17.7 Å². The second-order valence-corrected chi connectivity index (χ2v) is 9.35. The third-order valence-corrected chi connectivity index (χ3v) is 6.62. The Hall–Kier alpha value is -2.16. The van der Waals surface area contributed by atoms with Gasteiger partial charge in [-0.15, -0.1) is 11.3 Å². The standard InChI is InChI=1S/C18H16ClN3O3S2/c1-25-12-5-6-14-11(8-12)9-13(18(19)20-14)16-10-15(17-4-3-7-26-17)21-22(16)27(2,23)24/h3-9,16H,10H2,1-2H3/t16-/m0/s1. The van der Waals surface area contributed by atoms with Crippen LogP contribution in [-0.4, -0.2) is 36.9 Å². The molecule has 0 saturated heterocycles. The average molecular weight is 422 g/mol. The van der Waals surface area contributed by atoms with E-state index in [1.54, 1.807) is 7.11 Å². The molecule has 0 N–H and O–H groups in total. The first-order chi connectivity index (χ1) is 12.9. The van der Waals surface area contributed by atoms with E-state index in [0.717, 1.165) is 26.6 Å². The molecule has 27 heavy (non-hydrogen) atoms. The minimum Gasteiger partial charge on any atom is -0.497 e. The van der Waals surface area contributed by atoms with E-state index in [-0.39, 0.29) is 5.15 Å². The van der Waals surface area contributed by atoms with Gasteiger partial charge in [0.1, 0.15) is 10.9 Å². The number of aromatic nitrogens is 1. The topological polar surface area (TPSA) is 71.9 Å². The number of rotatable bonds is 4. The zero-order valence-corrected chi connectivity index (χ0v) is 17.0. The lowest BCUT2D eigenvalue weighted by atomic mass is 10.0. The van der Waals surface area contributed by atoms with Crippen LogP contribution in [0.4, 0.5) is 0 Å². The monoisotopic (exact) mass is 421 g/mol. The minimum absolute atomic E-state index is 0.272. The fourth-order valence-electron chi connectivity index (χ4n) is 3.13. The van der Waals surface area contributed by atoms with Gasteiger partial charge in [0.2, 0.25) is 10.0 Å². The second-order valence-electron chi connectivity index (χ2n) is 6.21. The van der Waals surface area contributed by atoms with Crippen LogP contribution in [0.15, 0.2) is 46.9 Å². The smallest absolute Gasteiger partial charge is 0.247 e. The predicted molar refractivity (Wildman–Crippen MR) is 108 cm³/mol. The first-order valence-electron chi connectivity index (χ1n) is 8.12. The summed E-state index contributed by atoms with van der Waals surface area (Å²) in [4.78, 5) is 5.38. The Morgan fingerprint density at radius 1 is 1.30 bits per heavy atom. The highest BCUT2D eigenvalue weighted by Gasteiger charge is 2.36. The molecule has 0 fully saturated rings. The van der Waals surface area contributed by atoms with E-state index in [2.05, 4.69) is 10.1 Å². The van der Waals surface area contributed by atoms with Crippen LogP contribution in [0, 0.1) is 0 Å². The summed E-state index contributed by atoms with van der Waals surface area (Å²) in [6.07, 6.45) is 1.58. The van der Waals surface area contributed by atoms with Gasteiger partial charge in [-0.2, -0.15) is 9.52 Å². The van der Waals surface area contributed by atoms with Crippen LogP contribution in [-0.2, 0) is 10.0 Å². The highest BCUT2D eigenvalue weighted by molar-refractivity contribution is 7.88. The number of sulfonamides is 1. The Balaban J connectivity index is 1.82. The summed E-state index contributed by atoms with van der Waals surface area (Å²) in [5.41, 5.74) is 2.06. The van der Waals surface area contributed by atoms with E-state index >= 15 is 0 Å². The van der Waals surface area contributed by atoms with Crippen molar-refractivity contribution in [1.82, 2.24) is 9.40 Å². The first kappa shape index (κ1) is 18.2. The van der Waals surface area contributed by atoms with Gasteiger partial charge in [0, 0.05) is 17.4 Å². The summed E-state index contributed by atoms with van der Waals surface area (Å²) in [6, 6.07) is 10.6. The molecule has 1 atom stereocenters. The maximum absolute atomic E-state index is 12.3. The van der Waals surface area contributed by atoms with Crippen molar-refractivity contribution >= 4 is 49.6 Å². The predicted octanol–water partition coefficient (Wildman–Crippen LogP) is 4.07. The minimum atomic E-state index is -3.57. The number of pyridine rings is 1. The first-order valence-corrected chi connectivity index (χ1v) is 11.2. The SMILES string of the molecule is COc1ccc2nc(Cl)c([C@@H]3CC(c4cccs4)=NN3S(C)(=O)=O)cc2c1. The van der Waals surface area contributed by atoms with Gasteiger partial charge in [0.15, 0.2) is 0 Å². The van der Waals surface area contributed by atoms with Crippen molar-refractivity contribution in [1.29, 1.82) is 0 Å². The molecule has 4 rings (SSSR count). The zero-order valence-electron chi connectivity index (χ0n) is 14.6. The number of hydrogen-bond donors (Lipinski definition) is 0. The molecule has 0 spiro atoms. The molecule has 9 heteroatoms.